The zero-order chi connectivity index (χ0) is 26.0. The van der Waals surface area contributed by atoms with Crippen molar-refractivity contribution in [3.63, 3.8) is 0 Å². The zero-order valence-electron chi connectivity index (χ0n) is 22.7. The van der Waals surface area contributed by atoms with Crippen molar-refractivity contribution < 1.29 is 0 Å². The van der Waals surface area contributed by atoms with Gasteiger partial charge in [-0.1, -0.05) is 86.6 Å². The summed E-state index contributed by atoms with van der Waals surface area (Å²) < 4.78 is 4.18. The molecule has 0 amide bonds. The summed E-state index contributed by atoms with van der Waals surface area (Å²) in [5.41, 5.74) is 3.08. The quantitative estimate of drug-likeness (QED) is 0.290. The number of aromatic nitrogens is 7. The number of para-hydroxylation sites is 4. The van der Waals surface area contributed by atoms with Gasteiger partial charge in [-0.2, -0.15) is 15.0 Å². The topological polar surface area (TPSA) is 74.3 Å². The fourth-order valence-corrected chi connectivity index (χ4v) is 4.35. The van der Waals surface area contributed by atoms with Crippen molar-refractivity contribution >= 4 is 22.1 Å². The van der Waals surface area contributed by atoms with Crippen molar-refractivity contribution in [1.29, 1.82) is 0 Å². The lowest BCUT2D eigenvalue weighted by Crippen LogP contribution is -2.25. The van der Waals surface area contributed by atoms with Gasteiger partial charge in [0.2, 0.25) is 11.9 Å². The monoisotopic (exact) mass is 481 g/mol. The minimum atomic E-state index is -0.289. The lowest BCUT2D eigenvalue weighted by atomic mass is 9.95. The second kappa shape index (κ2) is 7.95. The van der Waals surface area contributed by atoms with E-state index in [-0.39, 0.29) is 16.2 Å². The maximum absolute atomic E-state index is 5.10. The number of hydrogen-bond donors (Lipinski definition) is 0. The SMILES string of the molecule is CC(C)(C)c1nc(-n2c(C(C)(C)C)nc3ccccc32)nc(-n2c(C(C)(C)C)nc3ccccc32)n1. The number of fused-ring (bicyclic) bond motifs is 2. The molecule has 5 rings (SSSR count). The lowest BCUT2D eigenvalue weighted by Gasteiger charge is -2.23. The molecule has 0 saturated carbocycles. The number of benzene rings is 2. The van der Waals surface area contributed by atoms with Crippen LogP contribution in [0.3, 0.4) is 0 Å². The first kappa shape index (κ1) is 24.1. The Kier molecular flexibility index (Phi) is 5.32. The molecular formula is C29H35N7. The molecule has 0 bridgehead atoms. The highest BCUT2D eigenvalue weighted by Gasteiger charge is 2.30. The molecule has 0 aliphatic heterocycles. The van der Waals surface area contributed by atoms with Crippen LogP contribution in [0.15, 0.2) is 48.5 Å². The van der Waals surface area contributed by atoms with Gasteiger partial charge < -0.3 is 0 Å². The Balaban J connectivity index is 1.90. The fraction of sp³-hybridized carbons (Fsp3) is 0.414. The third-order valence-corrected chi connectivity index (χ3v) is 6.15. The third kappa shape index (κ3) is 4.06. The van der Waals surface area contributed by atoms with Gasteiger partial charge in [-0.25, -0.2) is 9.97 Å². The molecule has 2 aromatic carbocycles. The van der Waals surface area contributed by atoms with E-state index in [4.69, 9.17) is 24.9 Å². The van der Waals surface area contributed by atoms with Crippen molar-refractivity contribution in [3.05, 3.63) is 66.0 Å². The molecule has 0 saturated heterocycles. The van der Waals surface area contributed by atoms with Crippen LogP contribution in [0, 0.1) is 0 Å². The van der Waals surface area contributed by atoms with Crippen molar-refractivity contribution in [1.82, 2.24) is 34.1 Å². The van der Waals surface area contributed by atoms with Gasteiger partial charge in [-0.3, -0.25) is 9.13 Å². The summed E-state index contributed by atoms with van der Waals surface area (Å²) in [7, 11) is 0. The highest BCUT2D eigenvalue weighted by atomic mass is 15.3. The zero-order valence-corrected chi connectivity index (χ0v) is 22.7. The van der Waals surface area contributed by atoms with Crippen LogP contribution in [-0.4, -0.2) is 34.1 Å². The van der Waals surface area contributed by atoms with Crippen molar-refractivity contribution in [2.24, 2.45) is 0 Å². The van der Waals surface area contributed by atoms with Gasteiger partial charge in [-0.05, 0) is 24.3 Å². The Morgan fingerprint density at radius 1 is 0.472 bits per heavy atom. The van der Waals surface area contributed by atoms with Gasteiger partial charge in [-0.15, -0.1) is 0 Å². The summed E-state index contributed by atoms with van der Waals surface area (Å²) in [6, 6.07) is 16.3. The minimum Gasteiger partial charge on any atom is -0.264 e. The molecule has 0 radical (unpaired) electrons. The molecule has 0 unspecified atom stereocenters. The number of rotatable bonds is 2. The van der Waals surface area contributed by atoms with Crippen LogP contribution >= 0.6 is 0 Å². The third-order valence-electron chi connectivity index (χ3n) is 6.15. The predicted molar refractivity (Wildman–Crippen MR) is 145 cm³/mol. The molecule has 0 fully saturated rings. The van der Waals surface area contributed by atoms with E-state index in [1.54, 1.807) is 0 Å². The summed E-state index contributed by atoms with van der Waals surface area (Å²) in [6.45, 7) is 19.4. The molecule has 0 aliphatic rings. The first-order valence-corrected chi connectivity index (χ1v) is 12.5. The maximum atomic E-state index is 5.10. The van der Waals surface area contributed by atoms with Crippen LogP contribution in [0.1, 0.15) is 79.8 Å². The van der Waals surface area contributed by atoms with Crippen molar-refractivity contribution in [2.75, 3.05) is 0 Å². The van der Waals surface area contributed by atoms with Crippen LogP contribution in [0.25, 0.3) is 34.0 Å². The maximum Gasteiger partial charge on any atom is 0.240 e. The molecule has 3 heterocycles. The predicted octanol–water partition coefficient (Wildman–Crippen LogP) is 6.44. The number of nitrogens with zero attached hydrogens (tertiary/aromatic N) is 7. The largest absolute Gasteiger partial charge is 0.264 e. The average Bonchev–Trinajstić information content (AvgIpc) is 3.37. The van der Waals surface area contributed by atoms with E-state index < -0.39 is 0 Å². The second-order valence-electron chi connectivity index (χ2n) is 12.5. The Labute approximate surface area is 212 Å². The van der Waals surface area contributed by atoms with E-state index in [0.29, 0.717) is 11.9 Å². The summed E-state index contributed by atoms with van der Waals surface area (Å²) >= 11 is 0. The highest BCUT2D eigenvalue weighted by molar-refractivity contribution is 5.79. The number of hydrogen-bond acceptors (Lipinski definition) is 5. The van der Waals surface area contributed by atoms with Gasteiger partial charge in [0, 0.05) is 16.2 Å². The summed E-state index contributed by atoms with van der Waals surface area (Å²) in [6.07, 6.45) is 0. The van der Waals surface area contributed by atoms with E-state index >= 15 is 0 Å². The normalized spacial score (nSPS) is 13.1. The molecule has 7 nitrogen and oxygen atoms in total. The van der Waals surface area contributed by atoms with E-state index in [1.165, 1.54) is 0 Å². The van der Waals surface area contributed by atoms with Crippen LogP contribution in [-0.2, 0) is 16.2 Å². The Morgan fingerprint density at radius 3 is 1.22 bits per heavy atom. The van der Waals surface area contributed by atoms with Gasteiger partial charge in [0.15, 0.2) is 0 Å². The molecule has 0 atom stereocenters. The molecule has 5 aromatic rings. The van der Waals surface area contributed by atoms with Gasteiger partial charge in [0.25, 0.3) is 0 Å². The molecular weight excluding hydrogens is 446 g/mol. The minimum absolute atomic E-state index is 0.216. The highest BCUT2D eigenvalue weighted by Crippen LogP contribution is 2.32. The molecule has 7 heteroatoms. The van der Waals surface area contributed by atoms with Gasteiger partial charge >= 0.3 is 0 Å². The molecule has 3 aromatic heterocycles. The molecule has 0 N–H and O–H groups in total. The standard InChI is InChI=1S/C29H35N7/c1-27(2,3)22-32-25(35-20-16-12-10-14-18(20)30-23(35)28(4,5)6)34-26(33-22)36-21-17-13-11-15-19(21)31-24(36)29(7,8)9/h10-17H,1-9H3. The molecule has 186 valence electrons. The van der Waals surface area contributed by atoms with Crippen LogP contribution < -0.4 is 0 Å². The Bertz CT molecular complexity index is 1470. The summed E-state index contributed by atoms with van der Waals surface area (Å²) in [4.78, 5) is 25.1. The Hall–Kier alpha value is -3.61. The van der Waals surface area contributed by atoms with Crippen molar-refractivity contribution in [3.8, 4) is 11.9 Å². The lowest BCUT2D eigenvalue weighted by molar-refractivity contribution is 0.512. The first-order chi connectivity index (χ1) is 16.7. The van der Waals surface area contributed by atoms with E-state index in [1.807, 2.05) is 36.4 Å². The summed E-state index contributed by atoms with van der Waals surface area (Å²) in [5, 5.41) is 0. The smallest absolute Gasteiger partial charge is 0.240 e. The molecule has 0 spiro atoms. The first-order valence-electron chi connectivity index (χ1n) is 12.5. The molecule has 36 heavy (non-hydrogen) atoms. The van der Waals surface area contributed by atoms with Crippen LogP contribution in [0.2, 0.25) is 0 Å². The van der Waals surface area contributed by atoms with Crippen LogP contribution in [0.5, 0.6) is 0 Å². The van der Waals surface area contributed by atoms with Crippen molar-refractivity contribution in [2.45, 2.75) is 78.6 Å². The van der Waals surface area contributed by atoms with E-state index in [0.717, 1.165) is 39.5 Å². The fourth-order valence-electron chi connectivity index (χ4n) is 4.35. The molecule has 0 aliphatic carbocycles. The van der Waals surface area contributed by atoms with E-state index in [9.17, 15) is 0 Å². The van der Waals surface area contributed by atoms with Crippen LogP contribution in [0.4, 0.5) is 0 Å². The van der Waals surface area contributed by atoms with Gasteiger partial charge in [0.1, 0.15) is 17.5 Å². The summed E-state index contributed by atoms with van der Waals surface area (Å²) in [5.74, 6) is 3.68. The Morgan fingerprint density at radius 2 is 0.861 bits per heavy atom. The van der Waals surface area contributed by atoms with Gasteiger partial charge in [0.05, 0.1) is 22.1 Å². The average molecular weight is 482 g/mol. The number of imidazole rings is 2. The second-order valence-corrected chi connectivity index (χ2v) is 12.5. The van der Waals surface area contributed by atoms with E-state index in [2.05, 4.69) is 83.6 Å².